The van der Waals surface area contributed by atoms with Crippen molar-refractivity contribution in [3.8, 4) is 0 Å². The number of likely N-dealkylation sites (tertiary alicyclic amines) is 1. The minimum atomic E-state index is 0.141. The van der Waals surface area contributed by atoms with Gasteiger partial charge in [-0.15, -0.1) is 0 Å². The first kappa shape index (κ1) is 13.4. The number of amides is 1. The Kier molecular flexibility index (Phi) is 4.25. The number of hydrogen-bond donors (Lipinski definition) is 0. The summed E-state index contributed by atoms with van der Waals surface area (Å²) in [5.74, 6) is 0.141. The maximum Gasteiger partial charge on any atom is 0.240 e. The lowest BCUT2D eigenvalue weighted by atomic mass is 10.2. The predicted molar refractivity (Wildman–Crippen MR) is 75.3 cm³/mol. The Balaban J connectivity index is 2.05. The minimum Gasteiger partial charge on any atom is -0.314 e. The molecule has 0 N–H and O–H groups in total. The minimum absolute atomic E-state index is 0.141. The Morgan fingerprint density at radius 2 is 2.06 bits per heavy atom. The van der Waals surface area contributed by atoms with Crippen LogP contribution >= 0.6 is 11.6 Å². The number of likely N-dealkylation sites (N-methyl/N-ethyl adjacent to an activating group) is 1. The lowest BCUT2D eigenvalue weighted by Gasteiger charge is -2.23. The highest BCUT2D eigenvalue weighted by molar-refractivity contribution is 6.30. The van der Waals surface area contributed by atoms with E-state index < -0.39 is 0 Å². The molecule has 0 atom stereocenters. The zero-order valence-corrected chi connectivity index (χ0v) is 11.7. The van der Waals surface area contributed by atoms with Crippen LogP contribution in [0.1, 0.15) is 18.4 Å². The number of aryl methyl sites for hydroxylation is 1. The molecule has 1 aromatic carbocycles. The summed E-state index contributed by atoms with van der Waals surface area (Å²) in [5, 5.41) is 0.705. The summed E-state index contributed by atoms with van der Waals surface area (Å²) >= 11 is 5.93. The fourth-order valence-corrected chi connectivity index (χ4v) is 2.59. The molecule has 0 aliphatic carbocycles. The van der Waals surface area contributed by atoms with Gasteiger partial charge in [-0.1, -0.05) is 11.6 Å². The van der Waals surface area contributed by atoms with Crippen LogP contribution in [0.4, 0.5) is 5.69 Å². The summed E-state index contributed by atoms with van der Waals surface area (Å²) in [6.07, 6.45) is 2.41. The van der Waals surface area contributed by atoms with Crippen molar-refractivity contribution in [2.24, 2.45) is 0 Å². The molecule has 3 nitrogen and oxygen atoms in total. The van der Waals surface area contributed by atoms with Gasteiger partial charge in [-0.25, -0.2) is 0 Å². The standard InChI is InChI=1S/C14H19ClN2O/c1-11-9-12(15)5-6-13(11)16(2)14(18)10-17-7-3-4-8-17/h5-6,9H,3-4,7-8,10H2,1-2H3. The van der Waals surface area contributed by atoms with Gasteiger partial charge in [0.2, 0.25) is 5.91 Å². The number of rotatable bonds is 3. The highest BCUT2D eigenvalue weighted by atomic mass is 35.5. The summed E-state index contributed by atoms with van der Waals surface area (Å²) in [5.41, 5.74) is 1.96. The van der Waals surface area contributed by atoms with Crippen molar-refractivity contribution in [1.29, 1.82) is 0 Å². The lowest BCUT2D eigenvalue weighted by Crippen LogP contribution is -2.37. The average molecular weight is 267 g/mol. The summed E-state index contributed by atoms with van der Waals surface area (Å²) < 4.78 is 0. The van der Waals surface area contributed by atoms with Gasteiger partial charge in [-0.2, -0.15) is 0 Å². The highest BCUT2D eigenvalue weighted by Crippen LogP contribution is 2.23. The Hall–Kier alpha value is -1.06. The first-order valence-electron chi connectivity index (χ1n) is 6.33. The van der Waals surface area contributed by atoms with Crippen molar-refractivity contribution < 1.29 is 4.79 Å². The fraction of sp³-hybridized carbons (Fsp3) is 0.500. The Morgan fingerprint density at radius 1 is 1.39 bits per heavy atom. The molecule has 1 aromatic rings. The molecule has 0 saturated carbocycles. The molecule has 1 aliphatic rings. The van der Waals surface area contributed by atoms with Crippen LogP contribution in [-0.4, -0.2) is 37.5 Å². The second-order valence-corrected chi connectivity index (χ2v) is 5.30. The zero-order valence-electron chi connectivity index (χ0n) is 10.9. The molecule has 4 heteroatoms. The molecule has 0 unspecified atom stereocenters. The molecule has 98 valence electrons. The second kappa shape index (κ2) is 5.72. The van der Waals surface area contributed by atoms with Gasteiger partial charge in [0.15, 0.2) is 0 Å². The van der Waals surface area contributed by atoms with Gasteiger partial charge >= 0.3 is 0 Å². The first-order chi connectivity index (χ1) is 8.58. The van der Waals surface area contributed by atoms with Crippen molar-refractivity contribution in [3.63, 3.8) is 0 Å². The topological polar surface area (TPSA) is 23.6 Å². The van der Waals surface area contributed by atoms with Crippen molar-refractivity contribution in [2.45, 2.75) is 19.8 Å². The largest absolute Gasteiger partial charge is 0.314 e. The Bertz CT molecular complexity index is 441. The van der Waals surface area contributed by atoms with Crippen LogP contribution in [0.15, 0.2) is 18.2 Å². The fourth-order valence-electron chi connectivity index (χ4n) is 2.37. The number of anilines is 1. The number of carbonyl (C=O) groups excluding carboxylic acids is 1. The highest BCUT2D eigenvalue weighted by Gasteiger charge is 2.19. The van der Waals surface area contributed by atoms with Gasteiger partial charge in [0.25, 0.3) is 0 Å². The van der Waals surface area contributed by atoms with Gasteiger partial charge in [0.05, 0.1) is 6.54 Å². The van der Waals surface area contributed by atoms with Crippen LogP contribution < -0.4 is 4.90 Å². The van der Waals surface area contributed by atoms with Crippen molar-refractivity contribution in [2.75, 3.05) is 31.6 Å². The molecule has 18 heavy (non-hydrogen) atoms. The lowest BCUT2D eigenvalue weighted by molar-refractivity contribution is -0.119. The van der Waals surface area contributed by atoms with E-state index in [2.05, 4.69) is 4.90 Å². The second-order valence-electron chi connectivity index (χ2n) is 4.87. The average Bonchev–Trinajstić information content (AvgIpc) is 2.81. The molecule has 2 rings (SSSR count). The van der Waals surface area contributed by atoms with Crippen LogP contribution in [0.3, 0.4) is 0 Å². The molecule has 0 radical (unpaired) electrons. The molecule has 1 fully saturated rings. The molecule has 1 aliphatic heterocycles. The molecule has 1 heterocycles. The van der Waals surface area contributed by atoms with Crippen molar-refractivity contribution in [1.82, 2.24) is 4.90 Å². The SMILES string of the molecule is Cc1cc(Cl)ccc1N(C)C(=O)CN1CCCC1. The third kappa shape index (κ3) is 3.03. The molecular weight excluding hydrogens is 248 g/mol. The molecule has 1 saturated heterocycles. The zero-order chi connectivity index (χ0) is 13.1. The molecule has 0 bridgehead atoms. The Labute approximate surface area is 113 Å². The molecule has 1 amide bonds. The quantitative estimate of drug-likeness (QED) is 0.840. The van der Waals surface area contributed by atoms with Gasteiger partial charge in [0, 0.05) is 17.8 Å². The molecular formula is C14H19ClN2O. The number of carbonyl (C=O) groups is 1. The van der Waals surface area contributed by atoms with Crippen LogP contribution in [0.2, 0.25) is 5.02 Å². The summed E-state index contributed by atoms with van der Waals surface area (Å²) in [7, 11) is 1.83. The summed E-state index contributed by atoms with van der Waals surface area (Å²) in [6, 6.07) is 5.61. The maximum atomic E-state index is 12.2. The van der Waals surface area contributed by atoms with E-state index in [1.54, 1.807) is 4.90 Å². The van der Waals surface area contributed by atoms with Gasteiger partial charge < -0.3 is 4.90 Å². The van der Waals surface area contributed by atoms with E-state index in [9.17, 15) is 4.79 Å². The van der Waals surface area contributed by atoms with Gasteiger partial charge in [-0.3, -0.25) is 9.69 Å². The van der Waals surface area contributed by atoms with E-state index in [0.29, 0.717) is 11.6 Å². The molecule has 0 spiro atoms. The third-order valence-electron chi connectivity index (χ3n) is 3.45. The number of halogens is 1. The van der Waals surface area contributed by atoms with Crippen molar-refractivity contribution >= 4 is 23.2 Å². The Morgan fingerprint density at radius 3 is 2.67 bits per heavy atom. The first-order valence-corrected chi connectivity index (χ1v) is 6.71. The molecule has 0 aromatic heterocycles. The van der Waals surface area contributed by atoms with Gasteiger partial charge in [0.1, 0.15) is 0 Å². The van der Waals surface area contributed by atoms with E-state index in [1.807, 2.05) is 32.2 Å². The number of nitrogens with zero attached hydrogens (tertiary/aromatic N) is 2. The number of hydrogen-bond acceptors (Lipinski definition) is 2. The monoisotopic (exact) mass is 266 g/mol. The van der Waals surface area contributed by atoms with E-state index in [4.69, 9.17) is 11.6 Å². The third-order valence-corrected chi connectivity index (χ3v) is 3.69. The maximum absolute atomic E-state index is 12.2. The van der Waals surface area contributed by atoms with Crippen LogP contribution in [0.5, 0.6) is 0 Å². The van der Waals surface area contributed by atoms with Crippen LogP contribution in [0.25, 0.3) is 0 Å². The van der Waals surface area contributed by atoms with E-state index >= 15 is 0 Å². The van der Waals surface area contributed by atoms with Crippen LogP contribution in [0, 0.1) is 6.92 Å². The predicted octanol–water partition coefficient (Wildman–Crippen LogP) is 2.71. The van der Waals surface area contributed by atoms with E-state index in [0.717, 1.165) is 24.3 Å². The van der Waals surface area contributed by atoms with Crippen LogP contribution in [-0.2, 0) is 4.79 Å². The summed E-state index contributed by atoms with van der Waals surface area (Å²) in [4.78, 5) is 16.1. The smallest absolute Gasteiger partial charge is 0.240 e. The van der Waals surface area contributed by atoms with E-state index in [-0.39, 0.29) is 5.91 Å². The van der Waals surface area contributed by atoms with Crippen molar-refractivity contribution in [3.05, 3.63) is 28.8 Å². The summed E-state index contributed by atoms with van der Waals surface area (Å²) in [6.45, 7) is 4.57. The number of benzene rings is 1. The van der Waals surface area contributed by atoms with E-state index in [1.165, 1.54) is 12.8 Å². The van der Waals surface area contributed by atoms with Gasteiger partial charge in [-0.05, 0) is 56.6 Å². The normalized spacial score (nSPS) is 15.9.